The first-order valence-electron chi connectivity index (χ1n) is 23.5. The number of halogens is 8. The molecule has 0 N–H and O–H groups in total. The Morgan fingerprint density at radius 3 is 1.87 bits per heavy atom. The van der Waals surface area contributed by atoms with Gasteiger partial charge in [-0.25, -0.2) is 9.37 Å². The number of likely N-dealkylation sites (tertiary alicyclic amines) is 2. The van der Waals surface area contributed by atoms with E-state index in [0.29, 0.717) is 101 Å². The number of Topliss-reactive ketones (excluding diaryl/α,β-unsaturated/α-hetero) is 2. The molecule has 9 nitrogen and oxygen atoms in total. The third kappa shape index (κ3) is 11.1. The molecule has 0 bridgehead atoms. The van der Waals surface area contributed by atoms with Gasteiger partial charge in [-0.15, -0.1) is 0 Å². The molecule has 0 atom stereocenters. The number of carbonyl (C=O) groups is 4. The summed E-state index contributed by atoms with van der Waals surface area (Å²) in [6.07, 6.45) is 5.48. The van der Waals surface area contributed by atoms with Crippen molar-refractivity contribution in [2.75, 3.05) is 26.2 Å². The molecule has 1 saturated carbocycles. The zero-order valence-electron chi connectivity index (χ0n) is 39.3. The maximum Gasteiger partial charge on any atom is 0.418 e. The molecule has 370 valence electrons. The molecule has 3 fully saturated rings. The third-order valence-electron chi connectivity index (χ3n) is 14.1. The number of ketones is 2. The highest BCUT2D eigenvalue weighted by atomic mass is 35.5. The number of para-hydroxylation sites is 1. The largest absolute Gasteiger partial charge is 0.418 e. The van der Waals surface area contributed by atoms with Gasteiger partial charge in [-0.05, 0) is 123 Å². The lowest BCUT2D eigenvalue weighted by Gasteiger charge is -2.32. The summed E-state index contributed by atoms with van der Waals surface area (Å²) in [5.74, 6) is 0.760. The monoisotopic (exact) mass is 1040 g/mol. The van der Waals surface area contributed by atoms with Gasteiger partial charge in [0.15, 0.2) is 0 Å². The van der Waals surface area contributed by atoms with Crippen molar-refractivity contribution < 1.29 is 36.7 Å². The molecule has 0 spiro atoms. The van der Waals surface area contributed by atoms with Crippen LogP contribution >= 0.6 is 46.4 Å². The van der Waals surface area contributed by atoms with E-state index in [9.17, 15) is 36.7 Å². The third-order valence-corrected chi connectivity index (χ3v) is 15.6. The van der Waals surface area contributed by atoms with Crippen molar-refractivity contribution >= 4 is 91.6 Å². The second kappa shape index (κ2) is 21.0. The van der Waals surface area contributed by atoms with Crippen LogP contribution in [0.5, 0.6) is 0 Å². The van der Waals surface area contributed by atoms with Crippen LogP contribution in [0.1, 0.15) is 125 Å². The van der Waals surface area contributed by atoms with E-state index in [0.717, 1.165) is 61.4 Å². The molecule has 3 aliphatic rings. The molecule has 5 heterocycles. The lowest BCUT2D eigenvalue weighted by Crippen LogP contribution is -2.39. The Balaban J connectivity index is 0.000000188. The van der Waals surface area contributed by atoms with Gasteiger partial charge >= 0.3 is 6.18 Å². The lowest BCUT2D eigenvalue weighted by molar-refractivity contribution is -0.136. The fourth-order valence-electron chi connectivity index (χ4n) is 10.1. The second-order valence-electron chi connectivity index (χ2n) is 19.1. The van der Waals surface area contributed by atoms with Crippen LogP contribution < -0.4 is 0 Å². The summed E-state index contributed by atoms with van der Waals surface area (Å²) in [6, 6.07) is 12.8. The Bertz CT molecular complexity index is 3020. The first kappa shape index (κ1) is 51.4. The van der Waals surface area contributed by atoms with Gasteiger partial charge in [0.05, 0.1) is 37.8 Å². The summed E-state index contributed by atoms with van der Waals surface area (Å²) in [5, 5.41) is 2.08. The van der Waals surface area contributed by atoms with Gasteiger partial charge in [0.2, 0.25) is 0 Å². The number of aromatic nitrogens is 3. The van der Waals surface area contributed by atoms with Gasteiger partial charge in [0.25, 0.3) is 11.8 Å². The standard InChI is InChI=1S/C27H28Cl2FN3O2.C26H25Cl2F3N2O2/c1-15(34)9-16-5-7-33(8-6-16)27(35)22-14-31-26(29)21(25(22)28)13-19-12-20-23(30)10-18(17-3-4-17)11-24(20)32(19)2;1-15(34)12-16-8-10-33(11-9-16)25(35)19-6-7-22(27)20(23(19)28)13-17-14-32(2)24-18(17)4-3-5-21(24)26(29,30)31/h10-12,14,16-17H,3-9,13H2,1-2H3;3-7,14,16H,8-13H2,1-2H3. The molecule has 1 aliphatic carbocycles. The van der Waals surface area contributed by atoms with Crippen LogP contribution in [-0.4, -0.2) is 73.5 Å². The van der Waals surface area contributed by atoms with Crippen molar-refractivity contribution in [3.63, 3.8) is 0 Å². The highest BCUT2D eigenvalue weighted by Crippen LogP contribution is 2.43. The SMILES string of the molecule is CC(=O)CC1CCN(C(=O)c2ccc(Cl)c(Cc3cn(C)c4c(C(F)(F)F)cccc34)c2Cl)CC1.CC(=O)CC1CCN(C(=O)c2cnc(Cl)c(Cc3cc4c(F)cc(C5CC5)cc4n3C)c2Cl)CC1. The Morgan fingerprint density at radius 2 is 1.30 bits per heavy atom. The molecular weight excluding hydrogens is 988 g/mol. The topological polar surface area (TPSA) is 97.5 Å². The van der Waals surface area contributed by atoms with Crippen LogP contribution in [0.25, 0.3) is 21.8 Å². The van der Waals surface area contributed by atoms with Crippen LogP contribution in [0.2, 0.25) is 20.2 Å². The van der Waals surface area contributed by atoms with E-state index < -0.39 is 11.7 Å². The average Bonchev–Trinajstić information content (AvgIpc) is 4.05. The van der Waals surface area contributed by atoms with Crippen molar-refractivity contribution in [2.45, 2.75) is 90.1 Å². The summed E-state index contributed by atoms with van der Waals surface area (Å²) in [6.45, 7) is 5.41. The van der Waals surface area contributed by atoms with Crippen LogP contribution in [0.15, 0.2) is 60.9 Å². The number of rotatable bonds is 11. The number of aryl methyl sites for hydroxylation is 2. The summed E-state index contributed by atoms with van der Waals surface area (Å²) >= 11 is 26.3. The van der Waals surface area contributed by atoms with Gasteiger partial charge in [-0.3, -0.25) is 9.59 Å². The van der Waals surface area contributed by atoms with E-state index in [2.05, 4.69) is 11.1 Å². The minimum absolute atomic E-state index is 0.0860. The van der Waals surface area contributed by atoms with Crippen LogP contribution in [-0.2, 0) is 42.7 Å². The molecule has 17 heteroatoms. The summed E-state index contributed by atoms with van der Waals surface area (Å²) in [5.41, 5.74) is 4.40. The number of nitrogens with zero attached hydrogens (tertiary/aromatic N) is 5. The predicted octanol–water partition coefficient (Wildman–Crippen LogP) is 13.2. The number of pyridine rings is 1. The molecular formula is C53H53Cl4F4N5O4. The molecule has 0 unspecified atom stereocenters. The quantitative estimate of drug-likeness (QED) is 0.0951. The molecule has 9 rings (SSSR count). The van der Waals surface area contributed by atoms with Crippen molar-refractivity contribution in [3.05, 3.63) is 132 Å². The molecule has 2 aliphatic heterocycles. The number of benzene rings is 3. The normalized spacial score (nSPS) is 15.9. The maximum atomic E-state index is 14.9. The first-order valence-corrected chi connectivity index (χ1v) is 25.0. The van der Waals surface area contributed by atoms with Gasteiger partial charge in [-0.1, -0.05) is 58.5 Å². The van der Waals surface area contributed by atoms with E-state index in [1.807, 2.05) is 17.7 Å². The van der Waals surface area contributed by atoms with Gasteiger partial charge in [-0.2, -0.15) is 13.2 Å². The predicted molar refractivity (Wildman–Crippen MR) is 267 cm³/mol. The minimum Gasteiger partial charge on any atom is -0.350 e. The molecule has 6 aromatic rings. The Kier molecular flexibility index (Phi) is 15.4. The summed E-state index contributed by atoms with van der Waals surface area (Å²) in [4.78, 5) is 57.1. The molecule has 2 amide bonds. The van der Waals surface area contributed by atoms with E-state index >= 15 is 0 Å². The second-order valence-corrected chi connectivity index (χ2v) is 20.7. The lowest BCUT2D eigenvalue weighted by atomic mass is 9.91. The van der Waals surface area contributed by atoms with E-state index in [1.165, 1.54) is 16.8 Å². The first-order chi connectivity index (χ1) is 33.2. The van der Waals surface area contributed by atoms with Gasteiger partial charge in [0.1, 0.15) is 22.5 Å². The van der Waals surface area contributed by atoms with Gasteiger partial charge < -0.3 is 28.5 Å². The summed E-state index contributed by atoms with van der Waals surface area (Å²) < 4.78 is 58.9. The Hall–Kier alpha value is -4.95. The van der Waals surface area contributed by atoms with Crippen LogP contribution in [0.4, 0.5) is 17.6 Å². The van der Waals surface area contributed by atoms with Gasteiger partial charge in [0, 0.05) is 105 Å². The average molecular weight is 1040 g/mol. The number of amides is 2. The molecule has 0 radical (unpaired) electrons. The number of hydrogen-bond acceptors (Lipinski definition) is 5. The van der Waals surface area contributed by atoms with Crippen molar-refractivity contribution in [3.8, 4) is 0 Å². The Labute approximate surface area is 424 Å². The minimum atomic E-state index is -4.48. The highest BCUT2D eigenvalue weighted by molar-refractivity contribution is 6.38. The number of hydrogen-bond donors (Lipinski definition) is 0. The van der Waals surface area contributed by atoms with Crippen LogP contribution in [0.3, 0.4) is 0 Å². The number of carbonyl (C=O) groups excluding carboxylic acids is 4. The molecule has 70 heavy (non-hydrogen) atoms. The molecule has 2 saturated heterocycles. The van der Waals surface area contributed by atoms with Crippen molar-refractivity contribution in [1.29, 1.82) is 0 Å². The molecule has 3 aromatic heterocycles. The fraction of sp³-hybridized carbons (Fsp3) is 0.415. The smallest absolute Gasteiger partial charge is 0.350 e. The van der Waals surface area contributed by atoms with Crippen molar-refractivity contribution in [1.82, 2.24) is 23.9 Å². The van der Waals surface area contributed by atoms with E-state index in [4.69, 9.17) is 46.4 Å². The number of piperidine rings is 2. The van der Waals surface area contributed by atoms with Crippen molar-refractivity contribution in [2.24, 2.45) is 25.9 Å². The van der Waals surface area contributed by atoms with Crippen LogP contribution in [0, 0.1) is 17.7 Å². The van der Waals surface area contributed by atoms with E-state index in [-0.39, 0.29) is 62.3 Å². The molecule has 3 aromatic carbocycles. The zero-order valence-corrected chi connectivity index (χ0v) is 42.3. The highest BCUT2D eigenvalue weighted by Gasteiger charge is 2.35. The Morgan fingerprint density at radius 1 is 0.714 bits per heavy atom. The zero-order chi connectivity index (χ0) is 50.3. The number of alkyl halides is 3. The maximum absolute atomic E-state index is 14.9. The summed E-state index contributed by atoms with van der Waals surface area (Å²) in [7, 11) is 3.48. The number of fused-ring (bicyclic) bond motifs is 2. The fourth-order valence-corrected chi connectivity index (χ4v) is 11.3. The van der Waals surface area contributed by atoms with E-state index in [1.54, 1.807) is 61.2 Å².